The van der Waals surface area contributed by atoms with E-state index < -0.39 is 17.7 Å². The molecule has 1 fully saturated rings. The van der Waals surface area contributed by atoms with Gasteiger partial charge in [0.1, 0.15) is 11.6 Å². The fraction of sp³-hybridized carbons (Fsp3) is 0.846. The van der Waals surface area contributed by atoms with Crippen molar-refractivity contribution in [1.82, 2.24) is 4.90 Å². The molecule has 0 saturated carbocycles. The summed E-state index contributed by atoms with van der Waals surface area (Å²) in [6.07, 6.45) is 2.22. The minimum absolute atomic E-state index is 0.161. The molecule has 0 spiro atoms. The van der Waals surface area contributed by atoms with Crippen LogP contribution in [-0.2, 0) is 4.74 Å². The number of hydrogen-bond acceptors (Lipinski definition) is 3. The Kier molecular flexibility index (Phi) is 5.28. The second-order valence-electron chi connectivity index (χ2n) is 5.63. The Labute approximate surface area is 114 Å². The number of nitriles is 1. The third-order valence-corrected chi connectivity index (χ3v) is 3.21. The van der Waals surface area contributed by atoms with Gasteiger partial charge in [-0.3, -0.25) is 4.90 Å². The van der Waals surface area contributed by atoms with Crippen LogP contribution in [0.4, 0.5) is 4.79 Å². The Morgan fingerprint density at radius 1 is 1.56 bits per heavy atom. The number of hydrogen-bond donors (Lipinski definition) is 0. The lowest BCUT2D eigenvalue weighted by Crippen LogP contribution is -2.49. The Morgan fingerprint density at radius 3 is 2.72 bits per heavy atom. The van der Waals surface area contributed by atoms with Gasteiger partial charge in [-0.1, -0.05) is 0 Å². The number of alkyl halides is 1. The van der Waals surface area contributed by atoms with Crippen LogP contribution in [0.5, 0.6) is 0 Å². The Balaban J connectivity index is 2.74. The van der Waals surface area contributed by atoms with Crippen molar-refractivity contribution in [3.63, 3.8) is 0 Å². The Bertz CT molecular complexity index is 331. The molecule has 1 aliphatic heterocycles. The molecule has 0 radical (unpaired) electrons. The molecule has 2 unspecified atom stereocenters. The maximum atomic E-state index is 12.1. The van der Waals surface area contributed by atoms with Crippen LogP contribution >= 0.6 is 11.6 Å². The predicted molar refractivity (Wildman–Crippen MR) is 70.4 cm³/mol. The first-order chi connectivity index (χ1) is 8.39. The monoisotopic (exact) mass is 272 g/mol. The highest BCUT2D eigenvalue weighted by molar-refractivity contribution is 6.17. The Hall–Kier alpha value is -0.950. The van der Waals surface area contributed by atoms with Crippen molar-refractivity contribution in [2.75, 3.05) is 12.4 Å². The third-order valence-electron chi connectivity index (χ3n) is 3.00. The molecule has 102 valence electrons. The lowest BCUT2D eigenvalue weighted by Gasteiger charge is -2.37. The zero-order valence-electron chi connectivity index (χ0n) is 11.3. The average Bonchev–Trinajstić information content (AvgIpc) is 2.27. The molecule has 5 heteroatoms. The number of likely N-dealkylation sites (tertiary alicyclic amines) is 1. The molecule has 0 N–H and O–H groups in total. The molecule has 0 aromatic heterocycles. The number of carbonyl (C=O) groups excluding carboxylic acids is 1. The maximum Gasteiger partial charge on any atom is 0.411 e. The van der Waals surface area contributed by atoms with Crippen molar-refractivity contribution in [1.29, 1.82) is 5.26 Å². The summed E-state index contributed by atoms with van der Waals surface area (Å²) < 4.78 is 5.34. The van der Waals surface area contributed by atoms with Crippen molar-refractivity contribution >= 4 is 17.7 Å². The van der Waals surface area contributed by atoms with Gasteiger partial charge in [0.15, 0.2) is 0 Å². The van der Waals surface area contributed by atoms with E-state index in [9.17, 15) is 10.1 Å². The highest BCUT2D eigenvalue weighted by atomic mass is 35.5. The van der Waals surface area contributed by atoms with E-state index in [0.29, 0.717) is 12.4 Å². The second kappa shape index (κ2) is 6.29. The third kappa shape index (κ3) is 4.06. The quantitative estimate of drug-likeness (QED) is 0.726. The van der Waals surface area contributed by atoms with Crippen LogP contribution in [0.2, 0.25) is 0 Å². The molecule has 1 rings (SSSR count). The Morgan fingerprint density at radius 2 is 2.22 bits per heavy atom. The summed E-state index contributed by atoms with van der Waals surface area (Å²) in [6.45, 7) is 6.07. The number of halogens is 1. The van der Waals surface area contributed by atoms with E-state index in [1.165, 1.54) is 0 Å². The highest BCUT2D eigenvalue weighted by Gasteiger charge is 2.36. The van der Waals surface area contributed by atoms with Crippen LogP contribution in [-0.4, -0.2) is 35.1 Å². The van der Waals surface area contributed by atoms with E-state index in [1.807, 2.05) is 20.8 Å². The van der Waals surface area contributed by atoms with Crippen LogP contribution in [0.3, 0.4) is 0 Å². The number of rotatable bonds is 2. The average molecular weight is 273 g/mol. The van der Waals surface area contributed by atoms with Gasteiger partial charge in [0.05, 0.1) is 6.07 Å². The summed E-state index contributed by atoms with van der Waals surface area (Å²) in [5.74, 6) is 0.680. The summed E-state index contributed by atoms with van der Waals surface area (Å²) in [4.78, 5) is 13.6. The van der Waals surface area contributed by atoms with Gasteiger partial charge in [-0.25, -0.2) is 4.79 Å². The van der Waals surface area contributed by atoms with Crippen LogP contribution in [0, 0.1) is 17.2 Å². The molecule has 1 aliphatic rings. The van der Waals surface area contributed by atoms with Crippen molar-refractivity contribution in [2.45, 2.75) is 51.7 Å². The van der Waals surface area contributed by atoms with Crippen molar-refractivity contribution in [3.05, 3.63) is 0 Å². The minimum Gasteiger partial charge on any atom is -0.444 e. The molecule has 0 aromatic rings. The molecular weight excluding hydrogens is 252 g/mol. The smallest absolute Gasteiger partial charge is 0.411 e. The van der Waals surface area contributed by atoms with Crippen LogP contribution < -0.4 is 0 Å². The number of carbonyl (C=O) groups is 1. The summed E-state index contributed by atoms with van der Waals surface area (Å²) >= 11 is 5.75. The summed E-state index contributed by atoms with van der Waals surface area (Å²) in [7, 11) is 0. The van der Waals surface area contributed by atoms with Gasteiger partial charge in [0.25, 0.3) is 0 Å². The zero-order valence-corrected chi connectivity index (χ0v) is 12.0. The lowest BCUT2D eigenvalue weighted by atomic mass is 9.88. The van der Waals surface area contributed by atoms with E-state index in [0.717, 1.165) is 19.3 Å². The lowest BCUT2D eigenvalue weighted by molar-refractivity contribution is 0.00804. The predicted octanol–water partition coefficient (Wildman–Crippen LogP) is 3.15. The van der Waals surface area contributed by atoms with E-state index in [2.05, 4.69) is 6.07 Å². The summed E-state index contributed by atoms with van der Waals surface area (Å²) in [6, 6.07) is 1.81. The van der Waals surface area contributed by atoms with E-state index in [1.54, 1.807) is 4.90 Å². The largest absolute Gasteiger partial charge is 0.444 e. The van der Waals surface area contributed by atoms with Crippen molar-refractivity contribution in [3.8, 4) is 6.07 Å². The summed E-state index contributed by atoms with van der Waals surface area (Å²) in [5, 5.41) is 9.26. The fourth-order valence-electron chi connectivity index (χ4n) is 2.22. The number of nitrogens with zero attached hydrogens (tertiary/aromatic N) is 2. The SMILES string of the molecule is CC(C)(C)OC(=O)N1CCCC(CCCl)C1C#N. The van der Waals surface area contributed by atoms with Gasteiger partial charge in [0.2, 0.25) is 0 Å². The molecule has 1 amide bonds. The minimum atomic E-state index is -0.531. The van der Waals surface area contributed by atoms with Gasteiger partial charge in [-0.05, 0) is 46.0 Å². The number of amides is 1. The van der Waals surface area contributed by atoms with E-state index in [-0.39, 0.29) is 5.92 Å². The van der Waals surface area contributed by atoms with Gasteiger partial charge in [-0.2, -0.15) is 5.26 Å². The fourth-order valence-corrected chi connectivity index (χ4v) is 2.50. The van der Waals surface area contributed by atoms with E-state index >= 15 is 0 Å². The number of piperidine rings is 1. The molecule has 2 atom stereocenters. The van der Waals surface area contributed by atoms with Crippen molar-refractivity contribution < 1.29 is 9.53 Å². The first kappa shape index (κ1) is 15.1. The van der Waals surface area contributed by atoms with Gasteiger partial charge in [0, 0.05) is 12.4 Å². The molecule has 1 saturated heterocycles. The van der Waals surface area contributed by atoms with Crippen LogP contribution in [0.1, 0.15) is 40.0 Å². The van der Waals surface area contributed by atoms with Crippen LogP contribution in [0.15, 0.2) is 0 Å². The van der Waals surface area contributed by atoms with Gasteiger partial charge >= 0.3 is 6.09 Å². The first-order valence-corrected chi connectivity index (χ1v) is 6.87. The summed E-state index contributed by atoms with van der Waals surface area (Å²) in [5.41, 5.74) is -0.531. The topological polar surface area (TPSA) is 53.3 Å². The second-order valence-corrected chi connectivity index (χ2v) is 6.01. The van der Waals surface area contributed by atoms with Gasteiger partial charge < -0.3 is 4.74 Å². The standard InChI is InChI=1S/C13H21ClN2O2/c1-13(2,3)18-12(17)16-8-4-5-10(6-7-14)11(16)9-15/h10-11H,4-8H2,1-3H3. The number of ether oxygens (including phenoxy) is 1. The normalized spacial score (nSPS) is 24.5. The first-order valence-electron chi connectivity index (χ1n) is 6.34. The van der Waals surface area contributed by atoms with Crippen LogP contribution in [0.25, 0.3) is 0 Å². The maximum absolute atomic E-state index is 12.1. The molecule has 0 aromatic carbocycles. The van der Waals surface area contributed by atoms with Gasteiger partial charge in [-0.15, -0.1) is 11.6 Å². The zero-order chi connectivity index (χ0) is 13.8. The molecule has 0 aliphatic carbocycles. The molecule has 1 heterocycles. The molecule has 4 nitrogen and oxygen atoms in total. The highest BCUT2D eigenvalue weighted by Crippen LogP contribution is 2.27. The molecule has 18 heavy (non-hydrogen) atoms. The van der Waals surface area contributed by atoms with Crippen molar-refractivity contribution in [2.24, 2.45) is 5.92 Å². The molecular formula is C13H21ClN2O2. The molecule has 0 bridgehead atoms. The van der Waals surface area contributed by atoms with E-state index in [4.69, 9.17) is 16.3 Å².